The highest BCUT2D eigenvalue weighted by Gasteiger charge is 2.46. The van der Waals surface area contributed by atoms with Gasteiger partial charge >= 0.3 is 5.97 Å². The molecular formula is C21H34O4S. The summed E-state index contributed by atoms with van der Waals surface area (Å²) in [6.45, 7) is 6.11. The monoisotopic (exact) mass is 382 g/mol. The van der Waals surface area contributed by atoms with Gasteiger partial charge in [-0.05, 0) is 67.6 Å². The number of rotatable bonds is 11. The van der Waals surface area contributed by atoms with Crippen LogP contribution in [0.2, 0.25) is 0 Å². The third-order valence-electron chi connectivity index (χ3n) is 6.01. The van der Waals surface area contributed by atoms with Gasteiger partial charge in [-0.15, -0.1) is 0 Å². The number of carboxylic acids is 1. The summed E-state index contributed by atoms with van der Waals surface area (Å²) in [7, 11) is 0. The van der Waals surface area contributed by atoms with E-state index in [9.17, 15) is 15.0 Å². The van der Waals surface area contributed by atoms with Gasteiger partial charge in [0.2, 0.25) is 0 Å². The Kier molecular flexibility index (Phi) is 8.71. The largest absolute Gasteiger partial charge is 0.481 e. The topological polar surface area (TPSA) is 77.8 Å². The maximum atomic E-state index is 10.6. The van der Waals surface area contributed by atoms with E-state index in [-0.39, 0.29) is 17.8 Å². The molecule has 0 radical (unpaired) electrons. The van der Waals surface area contributed by atoms with Crippen LogP contribution in [0, 0.1) is 23.7 Å². The van der Waals surface area contributed by atoms with Crippen molar-refractivity contribution in [2.75, 3.05) is 11.5 Å². The molecule has 4 nitrogen and oxygen atoms in total. The van der Waals surface area contributed by atoms with Gasteiger partial charge in [0.05, 0.1) is 18.0 Å². The summed E-state index contributed by atoms with van der Waals surface area (Å²) in [4.78, 5) is 10.6. The molecular weight excluding hydrogens is 348 g/mol. The Morgan fingerprint density at radius 2 is 2.12 bits per heavy atom. The molecule has 0 bridgehead atoms. The SMILES string of the molecule is C=C(CCCC)C(O)C=C[C@H]1[C@@H]2CC(CCSCC(=O)O)C[C@H]2C[C@@H]1O. The van der Waals surface area contributed by atoms with E-state index in [0.29, 0.717) is 17.8 Å². The number of thioether (sulfide) groups is 1. The van der Waals surface area contributed by atoms with Crippen LogP contribution in [-0.2, 0) is 4.79 Å². The number of hydrogen-bond acceptors (Lipinski definition) is 4. The van der Waals surface area contributed by atoms with Gasteiger partial charge in [-0.25, -0.2) is 0 Å². The average Bonchev–Trinajstić information content (AvgIpc) is 3.10. The van der Waals surface area contributed by atoms with Crippen molar-refractivity contribution in [1.29, 1.82) is 0 Å². The number of carboxylic acid groups (broad SMARTS) is 1. The van der Waals surface area contributed by atoms with Crippen molar-refractivity contribution >= 4 is 17.7 Å². The summed E-state index contributed by atoms with van der Waals surface area (Å²) < 4.78 is 0. The zero-order valence-corrected chi connectivity index (χ0v) is 16.7. The van der Waals surface area contributed by atoms with E-state index in [0.717, 1.165) is 56.3 Å². The minimum Gasteiger partial charge on any atom is -0.481 e. The first-order valence-corrected chi connectivity index (χ1v) is 11.1. The van der Waals surface area contributed by atoms with Crippen LogP contribution in [0.3, 0.4) is 0 Å². The molecule has 0 aromatic heterocycles. The van der Waals surface area contributed by atoms with E-state index in [1.165, 1.54) is 11.8 Å². The summed E-state index contributed by atoms with van der Waals surface area (Å²) >= 11 is 1.50. The van der Waals surface area contributed by atoms with Crippen LogP contribution in [0.1, 0.15) is 51.9 Å². The third kappa shape index (κ3) is 6.14. The number of fused-ring (bicyclic) bond motifs is 1. The fourth-order valence-electron chi connectivity index (χ4n) is 4.61. The van der Waals surface area contributed by atoms with Crippen LogP contribution in [-0.4, -0.2) is 45.0 Å². The predicted molar refractivity (Wildman–Crippen MR) is 107 cm³/mol. The van der Waals surface area contributed by atoms with Crippen molar-refractivity contribution in [2.45, 2.75) is 64.1 Å². The van der Waals surface area contributed by atoms with Gasteiger partial charge in [0.1, 0.15) is 0 Å². The Morgan fingerprint density at radius 3 is 2.81 bits per heavy atom. The van der Waals surface area contributed by atoms with Gasteiger partial charge < -0.3 is 15.3 Å². The maximum absolute atomic E-state index is 10.6. The molecule has 3 N–H and O–H groups in total. The smallest absolute Gasteiger partial charge is 0.313 e. The van der Waals surface area contributed by atoms with Crippen molar-refractivity contribution in [2.24, 2.45) is 23.7 Å². The van der Waals surface area contributed by atoms with Crippen LogP contribution in [0.25, 0.3) is 0 Å². The second-order valence-corrected chi connectivity index (χ2v) is 9.07. The molecule has 0 aromatic carbocycles. The molecule has 2 rings (SSSR count). The summed E-state index contributed by atoms with van der Waals surface area (Å²) in [6.07, 6.45) is 10.1. The van der Waals surface area contributed by atoms with Crippen molar-refractivity contribution in [3.8, 4) is 0 Å². The van der Waals surface area contributed by atoms with Crippen LogP contribution in [0.4, 0.5) is 0 Å². The molecule has 2 unspecified atom stereocenters. The lowest BCUT2D eigenvalue weighted by atomic mass is 9.89. The van der Waals surface area contributed by atoms with Gasteiger partial charge in [0.15, 0.2) is 0 Å². The fourth-order valence-corrected chi connectivity index (χ4v) is 5.43. The molecule has 0 aliphatic heterocycles. The maximum Gasteiger partial charge on any atom is 0.313 e. The second-order valence-electron chi connectivity index (χ2n) is 7.97. The molecule has 2 aliphatic rings. The quantitative estimate of drug-likeness (QED) is 0.373. The van der Waals surface area contributed by atoms with Crippen molar-refractivity contribution < 1.29 is 20.1 Å². The van der Waals surface area contributed by atoms with Gasteiger partial charge in [-0.3, -0.25) is 4.79 Å². The molecule has 148 valence electrons. The Hall–Kier alpha value is -0.780. The van der Waals surface area contributed by atoms with Gasteiger partial charge in [0, 0.05) is 5.92 Å². The van der Waals surface area contributed by atoms with Gasteiger partial charge in [0.25, 0.3) is 0 Å². The lowest BCUT2D eigenvalue weighted by Gasteiger charge is -2.19. The summed E-state index contributed by atoms with van der Waals surface area (Å²) in [6, 6.07) is 0. The van der Waals surface area contributed by atoms with E-state index in [1.54, 1.807) is 0 Å². The minimum absolute atomic E-state index is 0.130. The summed E-state index contributed by atoms with van der Waals surface area (Å²) in [5, 5.41) is 29.4. The highest BCUT2D eigenvalue weighted by atomic mass is 32.2. The molecule has 0 heterocycles. The van der Waals surface area contributed by atoms with E-state index in [2.05, 4.69) is 13.5 Å². The third-order valence-corrected chi connectivity index (χ3v) is 6.99. The number of aliphatic carboxylic acids is 1. The summed E-state index contributed by atoms with van der Waals surface area (Å²) in [5.74, 6) is 2.16. The van der Waals surface area contributed by atoms with Crippen molar-refractivity contribution in [3.05, 3.63) is 24.3 Å². The molecule has 0 saturated heterocycles. The molecule has 6 atom stereocenters. The van der Waals surface area contributed by atoms with Crippen LogP contribution in [0.5, 0.6) is 0 Å². The minimum atomic E-state index is -0.745. The number of unbranched alkanes of at least 4 members (excludes halogenated alkanes) is 1. The second kappa shape index (κ2) is 10.5. The standard InChI is InChI=1S/C21H34O4S/c1-3-4-5-14(2)19(22)7-6-17-18-11-15(8-9-26-13-21(24)25)10-16(18)12-20(17)23/h6-7,15-20,22-23H,2-5,8-13H2,1H3,(H,24,25)/t15?,16-,17-,18+,19?,20-/m0/s1. The van der Waals surface area contributed by atoms with Crippen LogP contribution < -0.4 is 0 Å². The van der Waals surface area contributed by atoms with Crippen molar-refractivity contribution in [3.63, 3.8) is 0 Å². The predicted octanol–water partition coefficient (Wildman–Crippen LogP) is 3.88. The number of carbonyl (C=O) groups is 1. The van der Waals surface area contributed by atoms with Gasteiger partial charge in [-0.1, -0.05) is 32.1 Å². The lowest BCUT2D eigenvalue weighted by Crippen LogP contribution is -2.18. The Bertz CT molecular complexity index is 504. The van der Waals surface area contributed by atoms with E-state index in [4.69, 9.17) is 5.11 Å². The Balaban J connectivity index is 1.81. The Morgan fingerprint density at radius 1 is 1.35 bits per heavy atom. The molecule has 2 aliphatic carbocycles. The van der Waals surface area contributed by atoms with Crippen LogP contribution in [0.15, 0.2) is 24.3 Å². The molecule has 5 heteroatoms. The van der Waals surface area contributed by atoms with E-state index < -0.39 is 12.1 Å². The zero-order chi connectivity index (χ0) is 19.1. The number of hydrogen-bond donors (Lipinski definition) is 3. The molecule has 0 amide bonds. The van der Waals surface area contributed by atoms with Crippen molar-refractivity contribution in [1.82, 2.24) is 0 Å². The average molecular weight is 383 g/mol. The molecule has 0 aromatic rings. The lowest BCUT2D eigenvalue weighted by molar-refractivity contribution is -0.133. The molecule has 2 saturated carbocycles. The highest BCUT2D eigenvalue weighted by molar-refractivity contribution is 7.99. The highest BCUT2D eigenvalue weighted by Crippen LogP contribution is 2.51. The normalized spacial score (nSPS) is 32.0. The Labute approximate surface area is 161 Å². The first kappa shape index (κ1) is 21.5. The fraction of sp³-hybridized carbons (Fsp3) is 0.762. The van der Waals surface area contributed by atoms with Gasteiger partial charge in [-0.2, -0.15) is 11.8 Å². The molecule has 26 heavy (non-hydrogen) atoms. The first-order valence-electron chi connectivity index (χ1n) is 9.94. The zero-order valence-electron chi connectivity index (χ0n) is 15.8. The van der Waals surface area contributed by atoms with E-state index >= 15 is 0 Å². The first-order chi connectivity index (χ1) is 12.4. The van der Waals surface area contributed by atoms with Crippen LogP contribution >= 0.6 is 11.8 Å². The molecule has 0 spiro atoms. The molecule has 2 fully saturated rings. The summed E-state index contributed by atoms with van der Waals surface area (Å²) in [5.41, 5.74) is 0.854. The number of aliphatic hydroxyl groups excluding tert-OH is 2. The van der Waals surface area contributed by atoms with E-state index in [1.807, 2.05) is 12.2 Å². The number of aliphatic hydroxyl groups is 2.